The molecule has 0 unspecified atom stereocenters. The maximum atomic E-state index is 2.28. The normalized spacial score (nSPS) is 28.9. The molecule has 0 aromatic heterocycles. The molecular weight excluding hydrogens is 156 g/mol. The maximum absolute atomic E-state index is 2.28. The number of rotatable bonds is 0. The highest BCUT2D eigenvalue weighted by atomic mass is 13.9. The summed E-state index contributed by atoms with van der Waals surface area (Å²) in [5, 5.41) is 0. The molecule has 0 saturated carbocycles. The zero-order chi connectivity index (χ0) is 9.19. The van der Waals surface area contributed by atoms with E-state index in [0.29, 0.717) is 0 Å². The van der Waals surface area contributed by atoms with Gasteiger partial charge in [0.2, 0.25) is 0 Å². The summed E-state index contributed by atoms with van der Waals surface area (Å²) in [7, 11) is 0. The van der Waals surface area contributed by atoms with Crippen LogP contribution in [0.5, 0.6) is 0 Å². The van der Waals surface area contributed by atoms with Gasteiger partial charge in [0.15, 0.2) is 0 Å². The van der Waals surface area contributed by atoms with Crippen molar-refractivity contribution in [3.63, 3.8) is 0 Å². The number of hydrogen-bond donors (Lipinski definition) is 0. The van der Waals surface area contributed by atoms with Gasteiger partial charge in [-0.3, -0.25) is 0 Å². The molecular formula is C13H18. The van der Waals surface area contributed by atoms with E-state index in [-0.39, 0.29) is 0 Å². The largest absolute Gasteiger partial charge is 0.0882 e. The topological polar surface area (TPSA) is 0 Å². The molecule has 0 amide bonds. The van der Waals surface area contributed by atoms with Crippen LogP contribution >= 0.6 is 0 Å². The molecule has 0 aliphatic heterocycles. The summed E-state index contributed by atoms with van der Waals surface area (Å²) in [6.45, 7) is 0. The first-order valence-electron chi connectivity index (χ1n) is 5.12. The van der Waals surface area contributed by atoms with Crippen LogP contribution in [0.15, 0.2) is 48.6 Å². The van der Waals surface area contributed by atoms with Gasteiger partial charge in [-0.1, -0.05) is 48.6 Å². The van der Waals surface area contributed by atoms with Gasteiger partial charge in [-0.15, -0.1) is 0 Å². The minimum absolute atomic E-state index is 1.05. The molecule has 0 heteroatoms. The van der Waals surface area contributed by atoms with E-state index < -0.39 is 0 Å². The quantitative estimate of drug-likeness (QED) is 0.483. The first-order chi connectivity index (χ1) is 6.50. The average molecular weight is 174 g/mol. The highest BCUT2D eigenvalue weighted by Crippen LogP contribution is 2.01. The van der Waals surface area contributed by atoms with Crippen molar-refractivity contribution in [2.45, 2.75) is 32.1 Å². The van der Waals surface area contributed by atoms with E-state index >= 15 is 0 Å². The Morgan fingerprint density at radius 1 is 0.538 bits per heavy atom. The summed E-state index contributed by atoms with van der Waals surface area (Å²) in [5.74, 6) is 0. The van der Waals surface area contributed by atoms with Gasteiger partial charge in [-0.2, -0.15) is 0 Å². The lowest BCUT2D eigenvalue weighted by Crippen LogP contribution is -1.68. The second kappa shape index (κ2) is 7.60. The highest BCUT2D eigenvalue weighted by molar-refractivity contribution is 5.06. The lowest BCUT2D eigenvalue weighted by atomic mass is 10.2. The predicted octanol–water partition coefficient (Wildman–Crippen LogP) is 4.18. The fourth-order valence-corrected chi connectivity index (χ4v) is 1.25. The number of hydrogen-bond acceptors (Lipinski definition) is 0. The van der Waals surface area contributed by atoms with E-state index in [1.807, 2.05) is 0 Å². The van der Waals surface area contributed by atoms with Crippen molar-refractivity contribution in [3.05, 3.63) is 48.6 Å². The highest BCUT2D eigenvalue weighted by Gasteiger charge is 1.80. The SMILES string of the molecule is C1=C\C/C=C\C/C=C\CCC/C=C/1. The molecule has 0 aromatic rings. The Balaban J connectivity index is 2.38. The van der Waals surface area contributed by atoms with Gasteiger partial charge in [-0.05, 0) is 32.1 Å². The Kier molecular flexibility index (Phi) is 5.87. The average Bonchev–Trinajstić information content (AvgIpc) is 2.18. The minimum Gasteiger partial charge on any atom is -0.0882 e. The van der Waals surface area contributed by atoms with Crippen molar-refractivity contribution in [1.82, 2.24) is 0 Å². The van der Waals surface area contributed by atoms with Crippen LogP contribution in [0.4, 0.5) is 0 Å². The van der Waals surface area contributed by atoms with Crippen molar-refractivity contribution in [3.8, 4) is 0 Å². The molecule has 1 aliphatic rings. The first kappa shape index (κ1) is 10.0. The fraction of sp³-hybridized carbons (Fsp3) is 0.385. The van der Waals surface area contributed by atoms with Crippen LogP contribution < -0.4 is 0 Å². The van der Waals surface area contributed by atoms with Gasteiger partial charge in [-0.25, -0.2) is 0 Å². The molecule has 13 heavy (non-hydrogen) atoms. The molecule has 0 fully saturated rings. The van der Waals surface area contributed by atoms with Crippen LogP contribution in [0.2, 0.25) is 0 Å². The summed E-state index contributed by atoms with van der Waals surface area (Å²) < 4.78 is 0. The molecule has 0 spiro atoms. The Bertz CT molecular complexity index is 216. The van der Waals surface area contributed by atoms with Gasteiger partial charge < -0.3 is 0 Å². The molecule has 1 rings (SSSR count). The molecule has 0 atom stereocenters. The van der Waals surface area contributed by atoms with Crippen molar-refractivity contribution in [2.24, 2.45) is 0 Å². The molecule has 0 aromatic carbocycles. The van der Waals surface area contributed by atoms with Crippen LogP contribution in [-0.2, 0) is 0 Å². The van der Waals surface area contributed by atoms with Crippen molar-refractivity contribution >= 4 is 0 Å². The van der Waals surface area contributed by atoms with Crippen molar-refractivity contribution in [1.29, 1.82) is 0 Å². The number of allylic oxidation sites excluding steroid dienone is 8. The van der Waals surface area contributed by atoms with Gasteiger partial charge in [0, 0.05) is 0 Å². The van der Waals surface area contributed by atoms with Crippen LogP contribution in [-0.4, -0.2) is 0 Å². The Labute approximate surface area is 81.4 Å². The van der Waals surface area contributed by atoms with E-state index in [4.69, 9.17) is 0 Å². The Hall–Kier alpha value is -1.04. The van der Waals surface area contributed by atoms with Crippen LogP contribution in [0.25, 0.3) is 0 Å². The second-order valence-electron chi connectivity index (χ2n) is 3.20. The minimum atomic E-state index is 1.05. The monoisotopic (exact) mass is 174 g/mol. The lowest BCUT2D eigenvalue weighted by Gasteiger charge is -1.88. The third kappa shape index (κ3) is 6.15. The van der Waals surface area contributed by atoms with Crippen molar-refractivity contribution in [2.75, 3.05) is 0 Å². The Morgan fingerprint density at radius 2 is 1.15 bits per heavy atom. The smallest absolute Gasteiger partial charge is 0.0166 e. The van der Waals surface area contributed by atoms with Crippen LogP contribution in [0.1, 0.15) is 32.1 Å². The summed E-state index contributed by atoms with van der Waals surface area (Å²) in [4.78, 5) is 0. The third-order valence-corrected chi connectivity index (χ3v) is 2.00. The molecule has 0 saturated heterocycles. The predicted molar refractivity (Wildman–Crippen MR) is 59.6 cm³/mol. The fourth-order valence-electron chi connectivity index (χ4n) is 1.25. The zero-order valence-corrected chi connectivity index (χ0v) is 8.15. The van der Waals surface area contributed by atoms with E-state index in [2.05, 4.69) is 48.6 Å². The van der Waals surface area contributed by atoms with Crippen LogP contribution in [0.3, 0.4) is 0 Å². The van der Waals surface area contributed by atoms with E-state index in [1.165, 1.54) is 19.3 Å². The molecule has 0 nitrogen and oxygen atoms in total. The summed E-state index contributed by atoms with van der Waals surface area (Å²) in [6.07, 6.45) is 23.5. The van der Waals surface area contributed by atoms with Gasteiger partial charge in [0.25, 0.3) is 0 Å². The molecule has 0 heterocycles. The molecule has 0 bridgehead atoms. The second-order valence-corrected chi connectivity index (χ2v) is 3.20. The van der Waals surface area contributed by atoms with Gasteiger partial charge in [0.1, 0.15) is 0 Å². The maximum Gasteiger partial charge on any atom is -0.0166 e. The standard InChI is InChI=1S/C13H18/c1-2-4-6-8-10-12-13-11-9-7-5-3-1/h1-4,7,9,12-13H,5-6,8,10-11H2/b3-1-,4-2+,9-7-,13-12-. The first-order valence-corrected chi connectivity index (χ1v) is 5.12. The summed E-state index contributed by atoms with van der Waals surface area (Å²) in [5.41, 5.74) is 0. The molecule has 0 radical (unpaired) electrons. The molecule has 70 valence electrons. The van der Waals surface area contributed by atoms with Gasteiger partial charge >= 0.3 is 0 Å². The summed E-state index contributed by atoms with van der Waals surface area (Å²) >= 11 is 0. The van der Waals surface area contributed by atoms with E-state index in [1.54, 1.807) is 0 Å². The lowest BCUT2D eigenvalue weighted by molar-refractivity contribution is 0.866. The zero-order valence-electron chi connectivity index (χ0n) is 8.15. The Morgan fingerprint density at radius 3 is 2.08 bits per heavy atom. The molecule has 1 aliphatic carbocycles. The van der Waals surface area contributed by atoms with E-state index in [9.17, 15) is 0 Å². The third-order valence-electron chi connectivity index (χ3n) is 2.00. The van der Waals surface area contributed by atoms with E-state index in [0.717, 1.165) is 12.8 Å². The molecule has 0 N–H and O–H groups in total. The van der Waals surface area contributed by atoms with Gasteiger partial charge in [0.05, 0.1) is 0 Å². The van der Waals surface area contributed by atoms with Crippen molar-refractivity contribution < 1.29 is 0 Å². The summed E-state index contributed by atoms with van der Waals surface area (Å²) in [6, 6.07) is 0. The van der Waals surface area contributed by atoms with Crippen LogP contribution in [0, 0.1) is 0 Å².